The number of alkyl halides is 3. The smallest absolute Gasteiger partial charge is 0.313 e. The number of hydrogen-bond donors (Lipinski definition) is 1. The van der Waals surface area contributed by atoms with Crippen molar-refractivity contribution >= 4 is 11.3 Å². The molecule has 1 N–H and O–H groups in total. The van der Waals surface area contributed by atoms with Gasteiger partial charge in [0.05, 0.1) is 12.1 Å². The van der Waals surface area contributed by atoms with Crippen LogP contribution in [0.5, 0.6) is 0 Å². The van der Waals surface area contributed by atoms with E-state index in [1.54, 1.807) is 5.38 Å². The molecule has 20 heavy (non-hydrogen) atoms. The van der Waals surface area contributed by atoms with Crippen LogP contribution >= 0.6 is 11.3 Å². The van der Waals surface area contributed by atoms with Crippen molar-refractivity contribution in [1.82, 2.24) is 10.3 Å². The maximum absolute atomic E-state index is 12.3. The third-order valence-corrected chi connectivity index (χ3v) is 3.81. The first-order valence-electron chi connectivity index (χ1n) is 6.20. The molecule has 0 amide bonds. The molecule has 1 unspecified atom stereocenters. The highest BCUT2D eigenvalue weighted by Gasteiger charge is 2.29. The van der Waals surface area contributed by atoms with Crippen molar-refractivity contribution < 1.29 is 13.2 Å². The second-order valence-corrected chi connectivity index (χ2v) is 5.42. The molecule has 0 aliphatic rings. The lowest BCUT2D eigenvalue weighted by molar-refractivity contribution is -0.127. The minimum absolute atomic E-state index is 0.0528. The number of halogens is 3. The lowest BCUT2D eigenvalue weighted by Crippen LogP contribution is -2.19. The van der Waals surface area contributed by atoms with Crippen molar-refractivity contribution in [2.45, 2.75) is 25.1 Å². The molecule has 2 nitrogen and oxygen atoms in total. The Balaban J connectivity index is 2.05. The summed E-state index contributed by atoms with van der Waals surface area (Å²) in [6.45, 7) is 0. The van der Waals surface area contributed by atoms with Crippen molar-refractivity contribution in [1.29, 1.82) is 0 Å². The van der Waals surface area contributed by atoms with E-state index < -0.39 is 12.6 Å². The molecule has 0 aliphatic heterocycles. The molecule has 1 aromatic carbocycles. The molecule has 0 fully saturated rings. The van der Waals surface area contributed by atoms with Crippen LogP contribution in [0.1, 0.15) is 22.3 Å². The van der Waals surface area contributed by atoms with E-state index in [1.165, 1.54) is 0 Å². The molecule has 0 saturated heterocycles. The first kappa shape index (κ1) is 15.0. The summed E-state index contributed by atoms with van der Waals surface area (Å²) in [7, 11) is 1.83. The highest BCUT2D eigenvalue weighted by Crippen LogP contribution is 2.25. The third-order valence-electron chi connectivity index (χ3n) is 2.91. The number of nitrogens with one attached hydrogen (secondary N) is 1. The third kappa shape index (κ3) is 4.31. The van der Waals surface area contributed by atoms with E-state index in [0.29, 0.717) is 12.1 Å². The highest BCUT2D eigenvalue weighted by molar-refractivity contribution is 7.09. The van der Waals surface area contributed by atoms with E-state index in [2.05, 4.69) is 10.3 Å². The number of thiazole rings is 1. The Morgan fingerprint density at radius 1 is 1.25 bits per heavy atom. The molecule has 0 radical (unpaired) electrons. The molecule has 1 heterocycles. The summed E-state index contributed by atoms with van der Waals surface area (Å²) in [6, 6.07) is 9.84. The van der Waals surface area contributed by atoms with Crippen molar-refractivity contribution in [3.05, 3.63) is 52.0 Å². The van der Waals surface area contributed by atoms with Gasteiger partial charge in [0.15, 0.2) is 0 Å². The maximum atomic E-state index is 12.3. The van der Waals surface area contributed by atoms with Gasteiger partial charge in [-0.05, 0) is 12.6 Å². The summed E-state index contributed by atoms with van der Waals surface area (Å²) < 4.78 is 36.9. The predicted molar refractivity (Wildman–Crippen MR) is 73.8 cm³/mol. The first-order valence-corrected chi connectivity index (χ1v) is 7.08. The Labute approximate surface area is 119 Å². The average Bonchev–Trinajstić information content (AvgIpc) is 2.82. The monoisotopic (exact) mass is 300 g/mol. The Kier molecular flexibility index (Phi) is 4.77. The van der Waals surface area contributed by atoms with Crippen LogP contribution < -0.4 is 5.32 Å². The van der Waals surface area contributed by atoms with E-state index in [4.69, 9.17) is 0 Å². The van der Waals surface area contributed by atoms with E-state index in [1.807, 2.05) is 37.4 Å². The lowest BCUT2D eigenvalue weighted by atomic mass is 10.0. The van der Waals surface area contributed by atoms with Gasteiger partial charge in [0, 0.05) is 17.8 Å². The summed E-state index contributed by atoms with van der Waals surface area (Å²) in [6.07, 6.45) is -4.57. The maximum Gasteiger partial charge on any atom is 0.395 e. The first-order chi connectivity index (χ1) is 9.48. The molecule has 0 saturated carbocycles. The van der Waals surface area contributed by atoms with Crippen LogP contribution in [0, 0.1) is 0 Å². The molecular weight excluding hydrogens is 285 g/mol. The van der Waals surface area contributed by atoms with Crippen molar-refractivity contribution in [3.63, 3.8) is 0 Å². The van der Waals surface area contributed by atoms with Gasteiger partial charge in [0.1, 0.15) is 5.01 Å². The summed E-state index contributed by atoms with van der Waals surface area (Å²) >= 11 is 1.07. The van der Waals surface area contributed by atoms with Gasteiger partial charge in [-0.3, -0.25) is 0 Å². The summed E-state index contributed by atoms with van der Waals surface area (Å²) in [5.74, 6) is 0. The van der Waals surface area contributed by atoms with E-state index >= 15 is 0 Å². The van der Waals surface area contributed by atoms with Crippen LogP contribution in [-0.4, -0.2) is 18.2 Å². The van der Waals surface area contributed by atoms with Crippen LogP contribution in [0.2, 0.25) is 0 Å². The quantitative estimate of drug-likeness (QED) is 0.909. The fourth-order valence-corrected chi connectivity index (χ4v) is 2.81. The minimum Gasteiger partial charge on any atom is -0.313 e. The fourth-order valence-electron chi connectivity index (χ4n) is 1.98. The number of benzene rings is 1. The zero-order valence-corrected chi connectivity index (χ0v) is 11.8. The zero-order chi connectivity index (χ0) is 14.6. The molecule has 2 aromatic rings. The van der Waals surface area contributed by atoms with Gasteiger partial charge >= 0.3 is 6.18 Å². The van der Waals surface area contributed by atoms with E-state index in [0.717, 1.165) is 16.9 Å². The highest BCUT2D eigenvalue weighted by atomic mass is 32.1. The van der Waals surface area contributed by atoms with Gasteiger partial charge in [0.25, 0.3) is 0 Å². The number of nitrogens with zero attached hydrogens (tertiary/aromatic N) is 1. The van der Waals surface area contributed by atoms with Gasteiger partial charge in [-0.15, -0.1) is 11.3 Å². The van der Waals surface area contributed by atoms with Crippen LogP contribution in [0.25, 0.3) is 0 Å². The van der Waals surface area contributed by atoms with Crippen LogP contribution in [0.3, 0.4) is 0 Å². The van der Waals surface area contributed by atoms with Crippen molar-refractivity contribution in [2.24, 2.45) is 0 Å². The Morgan fingerprint density at radius 3 is 2.55 bits per heavy atom. The normalized spacial score (nSPS) is 13.4. The number of rotatable bonds is 5. The number of aromatic nitrogens is 1. The second kappa shape index (κ2) is 6.37. The Bertz CT molecular complexity index is 537. The van der Waals surface area contributed by atoms with Gasteiger partial charge in [-0.25, -0.2) is 4.98 Å². The van der Waals surface area contributed by atoms with Gasteiger partial charge < -0.3 is 5.32 Å². The van der Waals surface area contributed by atoms with Crippen LogP contribution in [0.15, 0.2) is 35.7 Å². The molecule has 0 aliphatic carbocycles. The van der Waals surface area contributed by atoms with Crippen molar-refractivity contribution in [3.8, 4) is 0 Å². The SMILES string of the molecule is CNC(Cc1csc(CC(F)(F)F)n1)c1ccccc1. The molecule has 0 bridgehead atoms. The molecule has 108 valence electrons. The van der Waals surface area contributed by atoms with Gasteiger partial charge in [0.2, 0.25) is 0 Å². The molecular formula is C14H15F3N2S. The zero-order valence-electron chi connectivity index (χ0n) is 10.9. The predicted octanol–water partition coefficient (Wildman–Crippen LogP) is 3.75. The standard InChI is InChI=1S/C14H15F3N2S/c1-18-12(10-5-3-2-4-6-10)7-11-9-20-13(19-11)8-14(15,16)17/h2-6,9,12,18H,7-8H2,1H3. The molecule has 0 spiro atoms. The summed E-state index contributed by atoms with van der Waals surface area (Å²) in [5, 5.41) is 4.99. The average molecular weight is 300 g/mol. The molecule has 2 rings (SSSR count). The largest absolute Gasteiger partial charge is 0.395 e. The Hall–Kier alpha value is -1.40. The van der Waals surface area contributed by atoms with Crippen LogP contribution in [-0.2, 0) is 12.8 Å². The summed E-state index contributed by atoms with van der Waals surface area (Å²) in [4.78, 5) is 4.07. The van der Waals surface area contributed by atoms with Gasteiger partial charge in [-0.2, -0.15) is 13.2 Å². The molecule has 1 aromatic heterocycles. The van der Waals surface area contributed by atoms with Crippen molar-refractivity contribution in [2.75, 3.05) is 7.05 Å². The van der Waals surface area contributed by atoms with Crippen LogP contribution in [0.4, 0.5) is 13.2 Å². The Morgan fingerprint density at radius 2 is 1.95 bits per heavy atom. The molecule has 1 atom stereocenters. The van der Waals surface area contributed by atoms with Gasteiger partial charge in [-0.1, -0.05) is 30.3 Å². The van der Waals surface area contributed by atoms with E-state index in [-0.39, 0.29) is 11.0 Å². The summed E-state index contributed by atoms with van der Waals surface area (Å²) in [5.41, 5.74) is 1.79. The lowest BCUT2D eigenvalue weighted by Gasteiger charge is -2.15. The number of hydrogen-bond acceptors (Lipinski definition) is 3. The second-order valence-electron chi connectivity index (χ2n) is 4.48. The fraction of sp³-hybridized carbons (Fsp3) is 0.357. The van der Waals surface area contributed by atoms with E-state index in [9.17, 15) is 13.2 Å². The minimum atomic E-state index is -4.20. The topological polar surface area (TPSA) is 24.9 Å². The number of likely N-dealkylation sites (N-methyl/N-ethyl adjacent to an activating group) is 1. The molecule has 6 heteroatoms.